The molecule has 6 heteroatoms. The van der Waals surface area contributed by atoms with E-state index in [-0.39, 0.29) is 6.61 Å². The van der Waals surface area contributed by atoms with E-state index in [9.17, 15) is 5.11 Å². The molecule has 2 aromatic rings. The molecule has 2 bridgehead atoms. The molecule has 0 aliphatic carbocycles. The maximum Gasteiger partial charge on any atom is 0.225 e. The Morgan fingerprint density at radius 3 is 2.86 bits per heavy atom. The third-order valence-corrected chi connectivity index (χ3v) is 6.59. The standard InChI is InChI=1S/C22H28N4O2/c1-28-21-7-4-15(10-16(21)14-27)13-26-17-5-6-20(26)18-12-23-22(24-19(18)11-17)25-8-2-3-9-25/h4,7,10,12,17,20,27H,2-3,5-6,8-9,11,13-14H2,1H3/t17-,20-/m0/s1. The predicted molar refractivity (Wildman–Crippen MR) is 107 cm³/mol. The van der Waals surface area contributed by atoms with E-state index in [1.807, 2.05) is 6.07 Å². The highest BCUT2D eigenvalue weighted by atomic mass is 16.5. The van der Waals surface area contributed by atoms with E-state index in [1.54, 1.807) is 7.11 Å². The van der Waals surface area contributed by atoms with E-state index in [0.717, 1.165) is 43.3 Å². The van der Waals surface area contributed by atoms with Gasteiger partial charge in [-0.15, -0.1) is 0 Å². The lowest BCUT2D eigenvalue weighted by Gasteiger charge is -2.36. The minimum absolute atomic E-state index is 0.000178. The van der Waals surface area contributed by atoms with Gasteiger partial charge >= 0.3 is 0 Å². The zero-order chi connectivity index (χ0) is 19.1. The van der Waals surface area contributed by atoms with Crippen molar-refractivity contribution in [3.8, 4) is 5.75 Å². The fourth-order valence-electron chi connectivity index (χ4n) is 5.14. The number of anilines is 1. The lowest BCUT2D eigenvalue weighted by atomic mass is 9.98. The molecule has 1 N–H and O–H groups in total. The number of benzene rings is 1. The van der Waals surface area contributed by atoms with Gasteiger partial charge in [0.15, 0.2) is 0 Å². The summed E-state index contributed by atoms with van der Waals surface area (Å²) in [5, 5.41) is 9.63. The van der Waals surface area contributed by atoms with Gasteiger partial charge < -0.3 is 14.7 Å². The van der Waals surface area contributed by atoms with Crippen molar-refractivity contribution in [2.45, 2.75) is 57.3 Å². The first-order valence-corrected chi connectivity index (χ1v) is 10.4. The summed E-state index contributed by atoms with van der Waals surface area (Å²) in [7, 11) is 1.65. The van der Waals surface area contributed by atoms with Gasteiger partial charge in [-0.05, 0) is 43.4 Å². The van der Waals surface area contributed by atoms with E-state index in [1.165, 1.54) is 42.5 Å². The third-order valence-electron chi connectivity index (χ3n) is 6.59. The van der Waals surface area contributed by atoms with Gasteiger partial charge in [-0.1, -0.05) is 6.07 Å². The molecule has 2 atom stereocenters. The average molecular weight is 380 g/mol. The fourth-order valence-corrected chi connectivity index (χ4v) is 5.14. The van der Waals surface area contributed by atoms with Crippen LogP contribution in [0.4, 0.5) is 5.95 Å². The van der Waals surface area contributed by atoms with E-state index in [0.29, 0.717) is 12.1 Å². The lowest BCUT2D eigenvalue weighted by molar-refractivity contribution is 0.166. The van der Waals surface area contributed by atoms with Crippen molar-refractivity contribution in [1.82, 2.24) is 14.9 Å². The van der Waals surface area contributed by atoms with Crippen LogP contribution in [-0.2, 0) is 19.6 Å². The first-order valence-electron chi connectivity index (χ1n) is 10.4. The molecule has 0 amide bonds. The van der Waals surface area contributed by atoms with Crippen molar-refractivity contribution in [1.29, 1.82) is 0 Å². The SMILES string of the molecule is COc1ccc(CN2[C@H]3CC[C@H]2c2cnc(N4CCCC4)nc2C3)cc1CO. The van der Waals surface area contributed by atoms with Gasteiger partial charge in [0.05, 0.1) is 19.4 Å². The Morgan fingerprint density at radius 2 is 2.07 bits per heavy atom. The Kier molecular flexibility index (Phi) is 4.69. The molecule has 0 spiro atoms. The highest BCUT2D eigenvalue weighted by Gasteiger charge is 2.41. The zero-order valence-electron chi connectivity index (χ0n) is 16.5. The summed E-state index contributed by atoms with van der Waals surface area (Å²) >= 11 is 0. The Labute approximate surface area is 166 Å². The molecule has 2 fully saturated rings. The highest BCUT2D eigenvalue weighted by Crippen LogP contribution is 2.44. The van der Waals surface area contributed by atoms with E-state index in [2.05, 4.69) is 28.1 Å². The second-order valence-electron chi connectivity index (χ2n) is 8.19. The normalized spacial score (nSPS) is 23.9. The highest BCUT2D eigenvalue weighted by molar-refractivity contribution is 5.39. The summed E-state index contributed by atoms with van der Waals surface area (Å²) < 4.78 is 5.34. The Hall–Kier alpha value is -2.18. The van der Waals surface area contributed by atoms with Crippen LogP contribution in [0.2, 0.25) is 0 Å². The van der Waals surface area contributed by atoms with Crippen molar-refractivity contribution in [2.24, 2.45) is 0 Å². The Bertz CT molecular complexity index is 866. The molecular weight excluding hydrogens is 352 g/mol. The summed E-state index contributed by atoms with van der Waals surface area (Å²) in [6.45, 7) is 3.06. The molecule has 1 aromatic carbocycles. The van der Waals surface area contributed by atoms with Crippen LogP contribution in [-0.4, -0.2) is 46.2 Å². The minimum Gasteiger partial charge on any atom is -0.496 e. The van der Waals surface area contributed by atoms with E-state index in [4.69, 9.17) is 14.7 Å². The molecule has 4 heterocycles. The molecule has 2 saturated heterocycles. The fraction of sp³-hybridized carbons (Fsp3) is 0.545. The number of hydrogen-bond donors (Lipinski definition) is 1. The summed E-state index contributed by atoms with van der Waals surface area (Å²) in [6.07, 6.45) is 7.98. The number of aliphatic hydroxyl groups excluding tert-OH is 1. The second kappa shape index (κ2) is 7.33. The number of rotatable bonds is 5. The number of aliphatic hydroxyl groups is 1. The first kappa shape index (κ1) is 17.9. The molecule has 0 unspecified atom stereocenters. The number of hydrogen-bond acceptors (Lipinski definition) is 6. The molecule has 0 radical (unpaired) electrons. The number of ether oxygens (including phenoxy) is 1. The molecule has 148 valence electrons. The van der Waals surface area contributed by atoms with Crippen LogP contribution in [0.1, 0.15) is 54.1 Å². The molecule has 1 aromatic heterocycles. The van der Waals surface area contributed by atoms with Crippen LogP contribution < -0.4 is 9.64 Å². The van der Waals surface area contributed by atoms with E-state index >= 15 is 0 Å². The Morgan fingerprint density at radius 1 is 1.21 bits per heavy atom. The third kappa shape index (κ3) is 3.05. The predicted octanol–water partition coefficient (Wildman–Crippen LogP) is 2.84. The van der Waals surface area contributed by atoms with Crippen LogP contribution in [0.25, 0.3) is 0 Å². The van der Waals surface area contributed by atoms with Crippen LogP contribution in [0.5, 0.6) is 5.75 Å². The summed E-state index contributed by atoms with van der Waals surface area (Å²) in [4.78, 5) is 14.6. The Balaban J connectivity index is 1.39. The quantitative estimate of drug-likeness (QED) is 0.861. The van der Waals surface area contributed by atoms with Crippen molar-refractivity contribution in [3.63, 3.8) is 0 Å². The van der Waals surface area contributed by atoms with Crippen molar-refractivity contribution in [2.75, 3.05) is 25.1 Å². The lowest BCUT2D eigenvalue weighted by Crippen LogP contribution is -2.38. The number of nitrogens with zero attached hydrogens (tertiary/aromatic N) is 4. The molecule has 6 nitrogen and oxygen atoms in total. The average Bonchev–Trinajstić information content (AvgIpc) is 3.35. The maximum atomic E-state index is 9.63. The van der Waals surface area contributed by atoms with Gasteiger partial charge in [0.25, 0.3) is 0 Å². The van der Waals surface area contributed by atoms with Crippen LogP contribution >= 0.6 is 0 Å². The molecule has 5 rings (SSSR count). The zero-order valence-corrected chi connectivity index (χ0v) is 16.5. The minimum atomic E-state index is -0.000178. The topological polar surface area (TPSA) is 61.7 Å². The van der Waals surface area contributed by atoms with Gasteiger partial charge in [0.2, 0.25) is 5.95 Å². The van der Waals surface area contributed by atoms with Crippen LogP contribution in [0.3, 0.4) is 0 Å². The second-order valence-corrected chi connectivity index (χ2v) is 8.19. The molecular formula is C22H28N4O2. The summed E-state index contributed by atoms with van der Waals surface area (Å²) in [5.41, 5.74) is 4.64. The monoisotopic (exact) mass is 380 g/mol. The molecule has 3 aliphatic rings. The van der Waals surface area contributed by atoms with Gasteiger partial charge in [-0.3, -0.25) is 4.90 Å². The number of fused-ring (bicyclic) bond motifs is 4. The number of methoxy groups -OCH3 is 1. The van der Waals surface area contributed by atoms with E-state index < -0.39 is 0 Å². The number of aromatic nitrogens is 2. The largest absolute Gasteiger partial charge is 0.496 e. The van der Waals surface area contributed by atoms with Gasteiger partial charge in [0.1, 0.15) is 5.75 Å². The van der Waals surface area contributed by atoms with Crippen LogP contribution in [0, 0.1) is 0 Å². The van der Waals surface area contributed by atoms with Gasteiger partial charge in [-0.2, -0.15) is 0 Å². The van der Waals surface area contributed by atoms with Gasteiger partial charge in [-0.25, -0.2) is 9.97 Å². The summed E-state index contributed by atoms with van der Waals surface area (Å²) in [5.74, 6) is 1.67. The van der Waals surface area contributed by atoms with Crippen molar-refractivity contribution >= 4 is 5.95 Å². The molecule has 0 saturated carbocycles. The van der Waals surface area contributed by atoms with Crippen molar-refractivity contribution in [3.05, 3.63) is 46.8 Å². The maximum absolute atomic E-state index is 9.63. The summed E-state index contributed by atoms with van der Waals surface area (Å²) in [6, 6.07) is 7.09. The smallest absolute Gasteiger partial charge is 0.225 e. The van der Waals surface area contributed by atoms with Crippen LogP contribution in [0.15, 0.2) is 24.4 Å². The van der Waals surface area contributed by atoms with Crippen molar-refractivity contribution < 1.29 is 9.84 Å². The first-order chi connectivity index (χ1) is 13.8. The molecule has 28 heavy (non-hydrogen) atoms. The van der Waals surface area contributed by atoms with Gasteiger partial charge in [0, 0.05) is 55.5 Å². The molecule has 3 aliphatic heterocycles.